The Bertz CT molecular complexity index is 512. The van der Waals surface area contributed by atoms with E-state index in [1.165, 1.54) is 36.7 Å². The predicted octanol–water partition coefficient (Wildman–Crippen LogP) is 2.26. The number of rotatable bonds is 4. The molecule has 1 aromatic heterocycles. The topological polar surface area (TPSA) is 67.0 Å². The fraction of sp³-hybridized carbons (Fsp3) is 0.0909. The summed E-state index contributed by atoms with van der Waals surface area (Å²) in [6.07, 6.45) is 2.83. The van der Waals surface area contributed by atoms with Gasteiger partial charge in [-0.2, -0.15) is 13.9 Å². The maximum absolute atomic E-state index is 11.9. The molecule has 2 N–H and O–H groups in total. The first-order valence-corrected chi connectivity index (χ1v) is 5.00. The first-order chi connectivity index (χ1) is 8.65. The number of hydrogen-bond donors (Lipinski definition) is 2. The molecule has 0 bridgehead atoms. The van der Waals surface area contributed by atoms with Gasteiger partial charge in [0.1, 0.15) is 5.75 Å². The number of alkyl halides is 2. The number of nitrogens with one attached hydrogen (secondary N) is 2. The minimum atomic E-state index is -2.86. The van der Waals surface area contributed by atoms with Crippen LogP contribution in [-0.2, 0) is 0 Å². The smallest absolute Gasteiger partial charge is 0.387 e. The highest BCUT2D eigenvalue weighted by molar-refractivity contribution is 6.03. The molecule has 2 aromatic rings. The molecular weight excluding hydrogens is 244 g/mol. The van der Waals surface area contributed by atoms with Gasteiger partial charge in [-0.1, -0.05) is 0 Å². The first kappa shape index (κ1) is 12.0. The van der Waals surface area contributed by atoms with Crippen LogP contribution < -0.4 is 10.1 Å². The average Bonchev–Trinajstić information content (AvgIpc) is 2.84. The van der Waals surface area contributed by atoms with Crippen molar-refractivity contribution >= 4 is 11.6 Å². The van der Waals surface area contributed by atoms with Gasteiger partial charge >= 0.3 is 6.61 Å². The lowest BCUT2D eigenvalue weighted by Gasteiger charge is -2.06. The number of nitrogens with zero attached hydrogens (tertiary/aromatic N) is 1. The summed E-state index contributed by atoms with van der Waals surface area (Å²) in [5.41, 5.74) is 0.853. The molecule has 0 radical (unpaired) electrons. The average molecular weight is 253 g/mol. The Labute approximate surface area is 101 Å². The number of halogens is 2. The van der Waals surface area contributed by atoms with Crippen LogP contribution in [0, 0.1) is 0 Å². The van der Waals surface area contributed by atoms with Crippen molar-refractivity contribution in [3.05, 3.63) is 42.2 Å². The molecule has 0 saturated heterocycles. The molecule has 7 heteroatoms. The molecule has 2 rings (SSSR count). The van der Waals surface area contributed by atoms with Gasteiger partial charge in [0.15, 0.2) is 0 Å². The number of carbonyl (C=O) groups is 1. The minimum Gasteiger partial charge on any atom is -0.435 e. The van der Waals surface area contributed by atoms with Gasteiger partial charge in [-0.05, 0) is 24.3 Å². The highest BCUT2D eigenvalue weighted by atomic mass is 19.3. The molecule has 0 aliphatic heterocycles. The third-order valence-electron chi connectivity index (χ3n) is 2.10. The monoisotopic (exact) mass is 253 g/mol. The van der Waals surface area contributed by atoms with Gasteiger partial charge in [-0.3, -0.25) is 9.89 Å². The van der Waals surface area contributed by atoms with E-state index in [1.807, 2.05) is 0 Å². The van der Waals surface area contributed by atoms with Gasteiger partial charge in [0.2, 0.25) is 0 Å². The number of ether oxygens (including phenoxy) is 1. The lowest BCUT2D eigenvalue weighted by Crippen LogP contribution is -2.10. The van der Waals surface area contributed by atoms with Crippen LogP contribution in [0.3, 0.4) is 0 Å². The molecule has 1 heterocycles. The first-order valence-electron chi connectivity index (χ1n) is 5.00. The molecular formula is C11H9F2N3O2. The lowest BCUT2D eigenvalue weighted by molar-refractivity contribution is -0.0498. The Balaban J connectivity index is 2.00. The number of amides is 1. The Hall–Kier alpha value is -2.44. The van der Waals surface area contributed by atoms with E-state index in [0.29, 0.717) is 11.3 Å². The molecule has 18 heavy (non-hydrogen) atoms. The van der Waals surface area contributed by atoms with E-state index >= 15 is 0 Å². The third kappa shape index (κ3) is 3.03. The van der Waals surface area contributed by atoms with E-state index < -0.39 is 6.61 Å². The van der Waals surface area contributed by atoms with Crippen molar-refractivity contribution in [2.45, 2.75) is 6.61 Å². The number of carbonyl (C=O) groups excluding carboxylic acids is 1. The van der Waals surface area contributed by atoms with Gasteiger partial charge in [0.05, 0.1) is 11.8 Å². The maximum atomic E-state index is 11.9. The summed E-state index contributed by atoms with van der Waals surface area (Å²) < 4.78 is 28.0. The van der Waals surface area contributed by atoms with E-state index in [2.05, 4.69) is 20.3 Å². The molecule has 0 aliphatic carbocycles. The highest BCUT2D eigenvalue weighted by Gasteiger charge is 2.07. The second-order valence-electron chi connectivity index (χ2n) is 3.34. The van der Waals surface area contributed by atoms with E-state index in [0.717, 1.165) is 0 Å². The van der Waals surface area contributed by atoms with E-state index in [9.17, 15) is 13.6 Å². The largest absolute Gasteiger partial charge is 0.435 e. The molecule has 94 valence electrons. The third-order valence-corrected chi connectivity index (χ3v) is 2.10. The maximum Gasteiger partial charge on any atom is 0.387 e. The zero-order valence-electron chi connectivity index (χ0n) is 9.06. The number of aromatic nitrogens is 2. The van der Waals surface area contributed by atoms with Crippen LogP contribution in [0.25, 0.3) is 0 Å². The molecule has 0 saturated carbocycles. The van der Waals surface area contributed by atoms with Crippen LogP contribution in [0.4, 0.5) is 14.5 Å². The molecule has 0 aliphatic rings. The summed E-state index contributed by atoms with van der Waals surface area (Å²) in [6, 6.07) is 5.62. The van der Waals surface area contributed by atoms with Crippen LogP contribution in [0.2, 0.25) is 0 Å². The summed E-state index contributed by atoms with van der Waals surface area (Å²) in [5.74, 6) is -0.308. The van der Waals surface area contributed by atoms with Crippen molar-refractivity contribution < 1.29 is 18.3 Å². The number of aromatic amines is 1. The van der Waals surface area contributed by atoms with Crippen LogP contribution in [0.15, 0.2) is 36.7 Å². The number of benzene rings is 1. The zero-order valence-corrected chi connectivity index (χ0v) is 9.06. The van der Waals surface area contributed by atoms with Crippen molar-refractivity contribution in [3.8, 4) is 5.75 Å². The molecule has 0 spiro atoms. The summed E-state index contributed by atoms with van der Waals surface area (Å²) in [4.78, 5) is 11.6. The van der Waals surface area contributed by atoms with E-state index in [-0.39, 0.29) is 11.7 Å². The summed E-state index contributed by atoms with van der Waals surface area (Å²) in [7, 11) is 0. The van der Waals surface area contributed by atoms with Gasteiger partial charge in [-0.25, -0.2) is 0 Å². The van der Waals surface area contributed by atoms with Crippen molar-refractivity contribution in [1.82, 2.24) is 10.2 Å². The Kier molecular flexibility index (Phi) is 3.52. The fourth-order valence-electron chi connectivity index (χ4n) is 1.30. The van der Waals surface area contributed by atoms with Gasteiger partial charge < -0.3 is 10.1 Å². The zero-order chi connectivity index (χ0) is 13.0. The SMILES string of the molecule is O=C(Nc1ccc(OC(F)F)cc1)c1cn[nH]c1. The van der Waals surface area contributed by atoms with Crippen molar-refractivity contribution in [3.63, 3.8) is 0 Å². The Morgan fingerprint density at radius 1 is 1.33 bits per heavy atom. The van der Waals surface area contributed by atoms with Gasteiger partial charge in [0.25, 0.3) is 5.91 Å². The normalized spacial score (nSPS) is 10.4. The van der Waals surface area contributed by atoms with Crippen LogP contribution >= 0.6 is 0 Å². The van der Waals surface area contributed by atoms with Crippen LogP contribution in [0.1, 0.15) is 10.4 Å². The predicted molar refractivity (Wildman–Crippen MR) is 59.6 cm³/mol. The van der Waals surface area contributed by atoms with E-state index in [1.54, 1.807) is 0 Å². The molecule has 1 amide bonds. The molecule has 5 nitrogen and oxygen atoms in total. The summed E-state index contributed by atoms with van der Waals surface area (Å²) >= 11 is 0. The lowest BCUT2D eigenvalue weighted by atomic mass is 10.2. The Morgan fingerprint density at radius 2 is 2.06 bits per heavy atom. The van der Waals surface area contributed by atoms with Crippen molar-refractivity contribution in [1.29, 1.82) is 0 Å². The highest BCUT2D eigenvalue weighted by Crippen LogP contribution is 2.18. The number of H-pyrrole nitrogens is 1. The van der Waals surface area contributed by atoms with Crippen molar-refractivity contribution in [2.75, 3.05) is 5.32 Å². The Morgan fingerprint density at radius 3 is 2.61 bits per heavy atom. The minimum absolute atomic E-state index is 0.0336. The summed E-state index contributed by atoms with van der Waals surface area (Å²) in [5, 5.41) is 8.74. The van der Waals surface area contributed by atoms with Crippen molar-refractivity contribution in [2.24, 2.45) is 0 Å². The number of anilines is 1. The fourth-order valence-corrected chi connectivity index (χ4v) is 1.30. The standard InChI is InChI=1S/C11H9F2N3O2/c12-11(13)18-9-3-1-8(2-4-9)16-10(17)7-5-14-15-6-7/h1-6,11H,(H,14,15)(H,16,17). The molecule has 0 atom stereocenters. The summed E-state index contributed by atoms with van der Waals surface area (Å²) in [6.45, 7) is -2.86. The van der Waals surface area contributed by atoms with Gasteiger partial charge in [-0.15, -0.1) is 0 Å². The molecule has 1 aromatic carbocycles. The number of hydrogen-bond acceptors (Lipinski definition) is 3. The van der Waals surface area contributed by atoms with Crippen LogP contribution in [-0.4, -0.2) is 22.7 Å². The second kappa shape index (κ2) is 5.26. The quantitative estimate of drug-likeness (QED) is 0.878. The molecule has 0 fully saturated rings. The van der Waals surface area contributed by atoms with E-state index in [4.69, 9.17) is 0 Å². The molecule has 0 unspecified atom stereocenters. The van der Waals surface area contributed by atoms with Crippen LogP contribution in [0.5, 0.6) is 5.75 Å². The second-order valence-corrected chi connectivity index (χ2v) is 3.34. The van der Waals surface area contributed by atoms with Gasteiger partial charge in [0, 0.05) is 11.9 Å².